The van der Waals surface area contributed by atoms with E-state index < -0.39 is 11.6 Å². The fourth-order valence-corrected chi connectivity index (χ4v) is 3.46. The number of ether oxygens (including phenoxy) is 1. The average molecular weight is 422 g/mol. The van der Waals surface area contributed by atoms with Gasteiger partial charge in [-0.2, -0.15) is 5.10 Å². The molecular weight excluding hydrogens is 400 g/mol. The standard InChI is InChI=1S/C20H21F2N5O.ClH/c21-15-5-16(22)7-18(6-15)27-10-14(8-26-27)20-19(9-24-12-25-20)28-11-13-1-3-17(23)4-2-13;/h5-10,12-13,17H,1-4,11,23H2;1H/t13-,17+;. The van der Waals surface area contributed by atoms with E-state index in [-0.39, 0.29) is 12.4 Å². The van der Waals surface area contributed by atoms with Crippen LogP contribution in [0.3, 0.4) is 0 Å². The lowest BCUT2D eigenvalue weighted by molar-refractivity contribution is 0.200. The minimum absolute atomic E-state index is 0. The molecule has 1 aliphatic rings. The predicted octanol–water partition coefficient (Wildman–Crippen LogP) is 3.93. The van der Waals surface area contributed by atoms with Crippen LogP contribution in [0, 0.1) is 17.6 Å². The molecule has 6 nitrogen and oxygen atoms in total. The van der Waals surface area contributed by atoms with Crippen molar-refractivity contribution < 1.29 is 13.5 Å². The third-order valence-corrected chi connectivity index (χ3v) is 5.01. The minimum atomic E-state index is -0.662. The molecular formula is C20H22ClF2N5O. The quantitative estimate of drug-likeness (QED) is 0.675. The maximum Gasteiger partial charge on any atom is 0.163 e. The highest BCUT2D eigenvalue weighted by Crippen LogP contribution is 2.29. The summed E-state index contributed by atoms with van der Waals surface area (Å²) in [5, 5.41) is 4.20. The second kappa shape index (κ2) is 9.28. The Balaban J connectivity index is 0.00000240. The van der Waals surface area contributed by atoms with Crippen LogP contribution >= 0.6 is 12.4 Å². The first-order valence-electron chi connectivity index (χ1n) is 9.28. The van der Waals surface area contributed by atoms with E-state index in [9.17, 15) is 8.78 Å². The largest absolute Gasteiger partial charge is 0.489 e. The molecule has 4 rings (SSSR count). The second-order valence-electron chi connectivity index (χ2n) is 7.13. The van der Waals surface area contributed by atoms with Gasteiger partial charge >= 0.3 is 0 Å². The number of halogens is 3. The topological polar surface area (TPSA) is 78.8 Å². The van der Waals surface area contributed by atoms with E-state index in [0.29, 0.717) is 41.3 Å². The van der Waals surface area contributed by atoms with Crippen LogP contribution in [0.25, 0.3) is 16.9 Å². The smallest absolute Gasteiger partial charge is 0.163 e. The molecule has 0 radical (unpaired) electrons. The van der Waals surface area contributed by atoms with Gasteiger partial charge in [-0.15, -0.1) is 12.4 Å². The normalized spacial score (nSPS) is 18.9. The highest BCUT2D eigenvalue weighted by Gasteiger charge is 2.20. The van der Waals surface area contributed by atoms with Crippen LogP contribution in [0.15, 0.2) is 43.1 Å². The summed E-state index contributed by atoms with van der Waals surface area (Å²) in [6.45, 7) is 0.580. The average Bonchev–Trinajstić information content (AvgIpc) is 3.17. The van der Waals surface area contributed by atoms with Crippen molar-refractivity contribution in [3.05, 3.63) is 54.8 Å². The van der Waals surface area contributed by atoms with Crippen molar-refractivity contribution in [2.75, 3.05) is 6.61 Å². The van der Waals surface area contributed by atoms with E-state index in [2.05, 4.69) is 15.1 Å². The van der Waals surface area contributed by atoms with Gasteiger partial charge in [0.25, 0.3) is 0 Å². The number of aromatic nitrogens is 4. The van der Waals surface area contributed by atoms with Crippen molar-refractivity contribution in [1.82, 2.24) is 19.7 Å². The Labute approximate surface area is 173 Å². The van der Waals surface area contributed by atoms with Gasteiger partial charge in [0.05, 0.1) is 24.7 Å². The third-order valence-electron chi connectivity index (χ3n) is 5.01. The summed E-state index contributed by atoms with van der Waals surface area (Å²) < 4.78 is 34.4. The zero-order valence-electron chi connectivity index (χ0n) is 15.7. The number of hydrogen-bond donors (Lipinski definition) is 1. The van der Waals surface area contributed by atoms with E-state index in [0.717, 1.165) is 31.7 Å². The van der Waals surface area contributed by atoms with Crippen molar-refractivity contribution in [2.24, 2.45) is 11.7 Å². The number of rotatable bonds is 5. The lowest BCUT2D eigenvalue weighted by Gasteiger charge is -2.26. The van der Waals surface area contributed by atoms with E-state index in [1.54, 1.807) is 18.6 Å². The van der Waals surface area contributed by atoms with Gasteiger partial charge in [0, 0.05) is 23.9 Å². The molecule has 2 heterocycles. The zero-order chi connectivity index (χ0) is 19.5. The van der Waals surface area contributed by atoms with Crippen molar-refractivity contribution in [1.29, 1.82) is 0 Å². The summed E-state index contributed by atoms with van der Waals surface area (Å²) in [5.74, 6) is -0.302. The van der Waals surface area contributed by atoms with Crippen molar-refractivity contribution in [3.63, 3.8) is 0 Å². The van der Waals surface area contributed by atoms with E-state index in [4.69, 9.17) is 10.5 Å². The minimum Gasteiger partial charge on any atom is -0.489 e. The van der Waals surface area contributed by atoms with Crippen molar-refractivity contribution in [2.45, 2.75) is 31.7 Å². The number of nitrogens with zero attached hydrogens (tertiary/aromatic N) is 4. The molecule has 154 valence electrons. The molecule has 0 atom stereocenters. The number of nitrogens with two attached hydrogens (primary N) is 1. The molecule has 0 amide bonds. The van der Waals surface area contributed by atoms with Crippen LogP contribution in [-0.4, -0.2) is 32.4 Å². The summed E-state index contributed by atoms with van der Waals surface area (Å²) in [6, 6.07) is 3.55. The number of hydrogen-bond acceptors (Lipinski definition) is 5. The van der Waals surface area contributed by atoms with Gasteiger partial charge in [-0.05, 0) is 43.7 Å². The lowest BCUT2D eigenvalue weighted by Crippen LogP contribution is -2.28. The Bertz CT molecular complexity index is 939. The van der Waals surface area contributed by atoms with Gasteiger partial charge in [-0.25, -0.2) is 23.4 Å². The number of benzene rings is 1. The Hall–Kier alpha value is -2.58. The summed E-state index contributed by atoms with van der Waals surface area (Å²) in [4.78, 5) is 8.36. The molecule has 1 aliphatic carbocycles. The Kier molecular flexibility index (Phi) is 6.76. The SMILES string of the molecule is Cl.N[C@H]1CC[C@@H](COc2cncnc2-c2cnn(-c3cc(F)cc(F)c3)c2)CC1. The Morgan fingerprint density at radius 1 is 1.07 bits per heavy atom. The molecule has 2 aromatic heterocycles. The maximum atomic E-state index is 13.5. The Morgan fingerprint density at radius 2 is 1.79 bits per heavy atom. The van der Waals surface area contributed by atoms with Gasteiger partial charge in [-0.1, -0.05) is 0 Å². The monoisotopic (exact) mass is 421 g/mol. The molecule has 1 fully saturated rings. The molecule has 0 aliphatic heterocycles. The Morgan fingerprint density at radius 3 is 2.52 bits per heavy atom. The van der Waals surface area contributed by atoms with Crippen LogP contribution in [-0.2, 0) is 0 Å². The molecule has 29 heavy (non-hydrogen) atoms. The second-order valence-corrected chi connectivity index (χ2v) is 7.13. The molecule has 3 aromatic rings. The highest BCUT2D eigenvalue weighted by molar-refractivity contribution is 5.85. The van der Waals surface area contributed by atoms with Crippen LogP contribution in [0.2, 0.25) is 0 Å². The molecule has 0 unspecified atom stereocenters. The molecule has 1 aromatic carbocycles. The lowest BCUT2D eigenvalue weighted by atomic mass is 9.87. The van der Waals surface area contributed by atoms with Crippen molar-refractivity contribution >= 4 is 12.4 Å². The van der Waals surface area contributed by atoms with Gasteiger partial charge in [0.2, 0.25) is 0 Å². The van der Waals surface area contributed by atoms with Gasteiger partial charge in [0.1, 0.15) is 23.7 Å². The van der Waals surface area contributed by atoms with Crippen LogP contribution in [0.4, 0.5) is 8.78 Å². The maximum absolute atomic E-state index is 13.5. The van der Waals surface area contributed by atoms with Crippen LogP contribution in [0.1, 0.15) is 25.7 Å². The summed E-state index contributed by atoms with van der Waals surface area (Å²) in [5.41, 5.74) is 7.51. The summed E-state index contributed by atoms with van der Waals surface area (Å²) in [6.07, 6.45) is 10.4. The van der Waals surface area contributed by atoms with Gasteiger partial charge < -0.3 is 10.5 Å². The first-order valence-corrected chi connectivity index (χ1v) is 9.28. The first kappa shape index (κ1) is 21.1. The first-order chi connectivity index (χ1) is 13.6. The van der Waals surface area contributed by atoms with E-state index >= 15 is 0 Å². The van der Waals surface area contributed by atoms with E-state index in [1.807, 2.05) is 0 Å². The molecule has 0 bridgehead atoms. The summed E-state index contributed by atoms with van der Waals surface area (Å²) >= 11 is 0. The molecule has 0 saturated heterocycles. The van der Waals surface area contributed by atoms with Crippen LogP contribution < -0.4 is 10.5 Å². The molecule has 9 heteroatoms. The molecule has 1 saturated carbocycles. The fraction of sp³-hybridized carbons (Fsp3) is 0.350. The van der Waals surface area contributed by atoms with Gasteiger partial charge in [0.15, 0.2) is 5.75 Å². The fourth-order valence-electron chi connectivity index (χ4n) is 3.46. The van der Waals surface area contributed by atoms with Crippen LogP contribution in [0.5, 0.6) is 5.75 Å². The predicted molar refractivity (Wildman–Crippen MR) is 107 cm³/mol. The third kappa shape index (κ3) is 5.07. The van der Waals surface area contributed by atoms with Gasteiger partial charge in [-0.3, -0.25) is 0 Å². The molecule has 2 N–H and O–H groups in total. The zero-order valence-corrected chi connectivity index (χ0v) is 16.5. The molecule has 0 spiro atoms. The van der Waals surface area contributed by atoms with Crippen molar-refractivity contribution in [3.8, 4) is 22.7 Å². The summed E-state index contributed by atoms with van der Waals surface area (Å²) in [7, 11) is 0. The highest BCUT2D eigenvalue weighted by atomic mass is 35.5. The van der Waals surface area contributed by atoms with E-state index in [1.165, 1.54) is 23.1 Å².